The molecule has 1 amide bonds. The minimum atomic E-state index is -0.475. The molecule has 0 spiro atoms. The summed E-state index contributed by atoms with van der Waals surface area (Å²) in [6.07, 6.45) is 1.43. The van der Waals surface area contributed by atoms with Gasteiger partial charge in [-0.15, -0.1) is 0 Å². The van der Waals surface area contributed by atoms with Crippen LogP contribution in [0.15, 0.2) is 23.1 Å². The third kappa shape index (κ3) is 2.14. The number of rotatable bonds is 2. The number of anilines is 2. The first-order chi connectivity index (χ1) is 8.08. The normalized spacial score (nSPS) is 10.2. The van der Waals surface area contributed by atoms with Crippen molar-refractivity contribution < 1.29 is 4.79 Å². The Kier molecular flexibility index (Phi) is 2.61. The van der Waals surface area contributed by atoms with Crippen molar-refractivity contribution in [3.8, 4) is 0 Å². The maximum Gasteiger partial charge on any atom is 0.277 e. The van der Waals surface area contributed by atoms with Crippen molar-refractivity contribution in [3.05, 3.63) is 34.4 Å². The second kappa shape index (κ2) is 4.08. The molecule has 2 aromatic rings. The van der Waals surface area contributed by atoms with Gasteiger partial charge in [0.2, 0.25) is 0 Å². The SMILES string of the molecule is Cn1ncc(N)c1NC(=O)c1ccc(=O)[nH]n1. The predicted octanol–water partition coefficient (Wildman–Crippen LogP) is -0.662. The molecule has 17 heavy (non-hydrogen) atoms. The fourth-order valence-corrected chi connectivity index (χ4v) is 1.25. The average molecular weight is 234 g/mol. The summed E-state index contributed by atoms with van der Waals surface area (Å²) < 4.78 is 1.43. The molecule has 4 N–H and O–H groups in total. The van der Waals surface area contributed by atoms with Crippen molar-refractivity contribution in [2.24, 2.45) is 7.05 Å². The molecule has 0 aliphatic heterocycles. The van der Waals surface area contributed by atoms with E-state index in [1.54, 1.807) is 7.05 Å². The number of nitrogen functional groups attached to an aromatic ring is 1. The Morgan fingerprint density at radius 3 is 2.82 bits per heavy atom. The van der Waals surface area contributed by atoms with Crippen LogP contribution >= 0.6 is 0 Å². The molecule has 8 nitrogen and oxygen atoms in total. The van der Waals surface area contributed by atoms with E-state index in [0.29, 0.717) is 11.5 Å². The Bertz CT molecular complexity index is 574. The van der Waals surface area contributed by atoms with Gasteiger partial charge < -0.3 is 11.1 Å². The van der Waals surface area contributed by atoms with Crippen molar-refractivity contribution >= 4 is 17.4 Å². The average Bonchev–Trinajstić information content (AvgIpc) is 2.61. The molecule has 2 aromatic heterocycles. The van der Waals surface area contributed by atoms with Crippen molar-refractivity contribution in [2.45, 2.75) is 0 Å². The van der Waals surface area contributed by atoms with E-state index in [0.717, 1.165) is 0 Å². The van der Waals surface area contributed by atoms with E-state index in [1.807, 2.05) is 0 Å². The van der Waals surface area contributed by atoms with Gasteiger partial charge >= 0.3 is 0 Å². The van der Waals surface area contributed by atoms with Crippen LogP contribution in [0.25, 0.3) is 0 Å². The molecular weight excluding hydrogens is 224 g/mol. The Balaban J connectivity index is 2.23. The van der Waals surface area contributed by atoms with Gasteiger partial charge in [-0.2, -0.15) is 10.2 Å². The molecule has 2 rings (SSSR count). The van der Waals surface area contributed by atoms with Gasteiger partial charge in [0, 0.05) is 13.1 Å². The number of aromatic amines is 1. The number of nitrogens with one attached hydrogen (secondary N) is 2. The molecule has 2 heterocycles. The lowest BCUT2D eigenvalue weighted by Gasteiger charge is -2.05. The molecule has 8 heteroatoms. The number of nitrogens with two attached hydrogens (primary N) is 1. The molecule has 0 aliphatic rings. The van der Waals surface area contributed by atoms with E-state index in [9.17, 15) is 9.59 Å². The number of H-pyrrole nitrogens is 1. The Labute approximate surface area is 95.4 Å². The minimum Gasteiger partial charge on any atom is -0.394 e. The third-order valence-electron chi connectivity index (χ3n) is 2.11. The second-order valence-corrected chi connectivity index (χ2v) is 3.33. The first kappa shape index (κ1) is 10.9. The van der Waals surface area contributed by atoms with Gasteiger partial charge in [-0.3, -0.25) is 14.3 Å². The van der Waals surface area contributed by atoms with E-state index in [2.05, 4.69) is 20.6 Å². The third-order valence-corrected chi connectivity index (χ3v) is 2.11. The number of nitrogens with zero attached hydrogens (tertiary/aromatic N) is 3. The highest BCUT2D eigenvalue weighted by atomic mass is 16.2. The summed E-state index contributed by atoms with van der Waals surface area (Å²) in [5.74, 6) is -0.0976. The molecule has 0 aliphatic carbocycles. The van der Waals surface area contributed by atoms with Crippen LogP contribution in [0.5, 0.6) is 0 Å². The lowest BCUT2D eigenvalue weighted by molar-refractivity contribution is 0.102. The topological polar surface area (TPSA) is 119 Å². The number of amides is 1. The summed E-state index contributed by atoms with van der Waals surface area (Å²) in [4.78, 5) is 22.5. The van der Waals surface area contributed by atoms with E-state index in [4.69, 9.17) is 5.73 Å². The smallest absolute Gasteiger partial charge is 0.277 e. The Hall–Kier alpha value is -2.64. The van der Waals surface area contributed by atoms with Crippen molar-refractivity contribution in [2.75, 3.05) is 11.1 Å². The van der Waals surface area contributed by atoms with E-state index in [1.165, 1.54) is 23.0 Å². The number of carbonyl (C=O) groups excluding carboxylic acids is 1. The molecule has 0 fully saturated rings. The first-order valence-electron chi connectivity index (χ1n) is 4.72. The van der Waals surface area contributed by atoms with Gasteiger partial charge in [0.15, 0.2) is 5.82 Å². The first-order valence-corrected chi connectivity index (χ1v) is 4.72. The number of aryl methyl sites for hydroxylation is 1. The number of carbonyl (C=O) groups is 1. The highest BCUT2D eigenvalue weighted by Gasteiger charge is 2.12. The lowest BCUT2D eigenvalue weighted by Crippen LogP contribution is -2.19. The molecular formula is C9H10N6O2. The van der Waals surface area contributed by atoms with E-state index in [-0.39, 0.29) is 11.3 Å². The number of hydrogen-bond donors (Lipinski definition) is 3. The molecule has 0 atom stereocenters. The van der Waals surface area contributed by atoms with Crippen LogP contribution in [-0.2, 0) is 7.05 Å². The van der Waals surface area contributed by atoms with E-state index < -0.39 is 5.91 Å². The van der Waals surface area contributed by atoms with Crippen LogP contribution in [0.2, 0.25) is 0 Å². The van der Waals surface area contributed by atoms with Crippen LogP contribution in [0.1, 0.15) is 10.5 Å². The van der Waals surface area contributed by atoms with Crippen molar-refractivity contribution in [3.63, 3.8) is 0 Å². The van der Waals surface area contributed by atoms with Gasteiger partial charge in [-0.1, -0.05) is 0 Å². The summed E-state index contributed by atoms with van der Waals surface area (Å²) in [5.41, 5.74) is 5.68. The fraction of sp³-hybridized carbons (Fsp3) is 0.111. The van der Waals surface area contributed by atoms with Crippen LogP contribution in [0.3, 0.4) is 0 Å². The van der Waals surface area contributed by atoms with Gasteiger partial charge in [0.05, 0.1) is 11.9 Å². The standard InChI is InChI=1S/C9H10N6O2/c1-15-8(5(10)4-11-15)12-9(17)6-2-3-7(16)14-13-6/h2-4H,10H2,1H3,(H,12,17)(H,14,16). The number of aromatic nitrogens is 4. The predicted molar refractivity (Wildman–Crippen MR) is 60.4 cm³/mol. The monoisotopic (exact) mass is 234 g/mol. The summed E-state index contributed by atoms with van der Waals surface area (Å²) in [6.45, 7) is 0. The van der Waals surface area contributed by atoms with Crippen LogP contribution < -0.4 is 16.6 Å². The van der Waals surface area contributed by atoms with Gasteiger partial charge in [-0.25, -0.2) is 5.10 Å². The van der Waals surface area contributed by atoms with Gasteiger partial charge in [0.1, 0.15) is 5.69 Å². The molecule has 0 radical (unpaired) electrons. The highest BCUT2D eigenvalue weighted by molar-refractivity contribution is 6.03. The quantitative estimate of drug-likeness (QED) is 0.637. The zero-order valence-corrected chi connectivity index (χ0v) is 8.97. The second-order valence-electron chi connectivity index (χ2n) is 3.33. The van der Waals surface area contributed by atoms with Crippen LogP contribution in [-0.4, -0.2) is 25.9 Å². The van der Waals surface area contributed by atoms with Crippen molar-refractivity contribution in [1.29, 1.82) is 0 Å². The van der Waals surface area contributed by atoms with Crippen LogP contribution in [0.4, 0.5) is 11.5 Å². The molecule has 88 valence electrons. The van der Waals surface area contributed by atoms with Gasteiger partial charge in [-0.05, 0) is 6.07 Å². The molecule has 0 saturated carbocycles. The molecule has 0 saturated heterocycles. The van der Waals surface area contributed by atoms with Crippen LogP contribution in [0, 0.1) is 0 Å². The summed E-state index contributed by atoms with van der Waals surface area (Å²) in [6, 6.07) is 2.54. The lowest BCUT2D eigenvalue weighted by atomic mass is 10.3. The largest absolute Gasteiger partial charge is 0.394 e. The maximum absolute atomic E-state index is 11.7. The Morgan fingerprint density at radius 1 is 1.53 bits per heavy atom. The van der Waals surface area contributed by atoms with Gasteiger partial charge in [0.25, 0.3) is 11.5 Å². The summed E-state index contributed by atoms with van der Waals surface area (Å²) >= 11 is 0. The molecule has 0 bridgehead atoms. The zero-order chi connectivity index (χ0) is 12.4. The summed E-state index contributed by atoms with van der Waals surface area (Å²) in [5, 5.41) is 12.2. The molecule has 0 aromatic carbocycles. The van der Waals surface area contributed by atoms with E-state index >= 15 is 0 Å². The van der Waals surface area contributed by atoms with Crippen molar-refractivity contribution in [1.82, 2.24) is 20.0 Å². The Morgan fingerprint density at radius 2 is 2.29 bits per heavy atom. The summed E-state index contributed by atoms with van der Waals surface area (Å²) in [7, 11) is 1.65. The molecule has 0 unspecified atom stereocenters. The maximum atomic E-state index is 11.7. The number of hydrogen-bond acceptors (Lipinski definition) is 5. The minimum absolute atomic E-state index is 0.0881. The zero-order valence-electron chi connectivity index (χ0n) is 8.97. The highest BCUT2D eigenvalue weighted by Crippen LogP contribution is 2.16. The fourth-order valence-electron chi connectivity index (χ4n) is 1.25.